The van der Waals surface area contributed by atoms with E-state index in [0.717, 1.165) is 4.31 Å². The van der Waals surface area contributed by atoms with Crippen LogP contribution in [0.15, 0.2) is 40.4 Å². The van der Waals surface area contributed by atoms with Crippen molar-refractivity contribution in [3.8, 4) is 0 Å². The van der Waals surface area contributed by atoms with Crippen LogP contribution in [0.5, 0.6) is 0 Å². The Morgan fingerprint density at radius 3 is 2.69 bits per heavy atom. The highest BCUT2D eigenvalue weighted by atomic mass is 35.5. The van der Waals surface area contributed by atoms with Gasteiger partial charge in [0.15, 0.2) is 11.8 Å². The predicted molar refractivity (Wildman–Crippen MR) is 99.0 cm³/mol. The highest BCUT2D eigenvalue weighted by Gasteiger charge is 2.39. The molecule has 0 saturated carbocycles. The standard InChI is InChI=1S/C15H17N5O4S.ClH/c16-15(17)19-13-11-8-10(4-3-9(11)5-6-18-13)25(23,24)20-7-1-2-12(20)14(21)22;/h3-6,8,12H,1-2,7H2,(H,21,22)(H4,16,17,18,19);1H/t12-;/m1./s1. The average molecular weight is 400 g/mol. The number of aliphatic imine (C=N–C) groups is 1. The van der Waals surface area contributed by atoms with E-state index in [4.69, 9.17) is 11.5 Å². The number of aliphatic carboxylic acids is 1. The van der Waals surface area contributed by atoms with Gasteiger partial charge < -0.3 is 16.6 Å². The molecule has 5 N–H and O–H groups in total. The molecule has 2 heterocycles. The number of nitrogens with two attached hydrogens (primary N) is 2. The van der Waals surface area contributed by atoms with Gasteiger partial charge in [-0.25, -0.2) is 13.4 Å². The fourth-order valence-corrected chi connectivity index (χ4v) is 4.59. The van der Waals surface area contributed by atoms with Crippen molar-refractivity contribution in [2.45, 2.75) is 23.8 Å². The lowest BCUT2D eigenvalue weighted by Crippen LogP contribution is -2.40. The van der Waals surface area contributed by atoms with Crippen LogP contribution in [-0.2, 0) is 14.8 Å². The van der Waals surface area contributed by atoms with Crippen molar-refractivity contribution in [3.05, 3.63) is 30.5 Å². The van der Waals surface area contributed by atoms with Crippen LogP contribution in [0.2, 0.25) is 0 Å². The second kappa shape index (κ2) is 7.44. The van der Waals surface area contributed by atoms with Crippen molar-refractivity contribution in [1.29, 1.82) is 0 Å². The molecule has 1 aromatic heterocycles. The molecular formula is C15H18ClN5O4S. The van der Waals surface area contributed by atoms with Crippen molar-refractivity contribution in [1.82, 2.24) is 9.29 Å². The Morgan fingerprint density at radius 1 is 1.31 bits per heavy atom. The van der Waals surface area contributed by atoms with Crippen LogP contribution in [-0.4, -0.2) is 47.3 Å². The van der Waals surface area contributed by atoms with Crippen LogP contribution in [0.1, 0.15) is 12.8 Å². The van der Waals surface area contributed by atoms with Crippen LogP contribution in [0, 0.1) is 0 Å². The zero-order valence-corrected chi connectivity index (χ0v) is 15.2. The molecule has 0 radical (unpaired) electrons. The quantitative estimate of drug-likeness (QED) is 0.507. The molecule has 1 aromatic carbocycles. The molecule has 2 aromatic rings. The lowest BCUT2D eigenvalue weighted by atomic mass is 10.1. The number of aromatic nitrogens is 1. The minimum atomic E-state index is -3.96. The van der Waals surface area contributed by atoms with E-state index in [0.29, 0.717) is 23.6 Å². The number of pyridine rings is 1. The van der Waals surface area contributed by atoms with Gasteiger partial charge in [0.25, 0.3) is 0 Å². The van der Waals surface area contributed by atoms with E-state index in [-0.39, 0.29) is 35.6 Å². The first kappa shape index (κ1) is 19.9. The fraction of sp³-hybridized carbons (Fsp3) is 0.267. The summed E-state index contributed by atoms with van der Waals surface area (Å²) in [4.78, 5) is 19.3. The summed E-state index contributed by atoms with van der Waals surface area (Å²) in [6, 6.07) is 5.12. The summed E-state index contributed by atoms with van der Waals surface area (Å²) in [5.41, 5.74) is 10.8. The third-order valence-corrected chi connectivity index (χ3v) is 5.95. The Hall–Kier alpha value is -2.43. The number of hydrogen-bond donors (Lipinski definition) is 3. The summed E-state index contributed by atoms with van der Waals surface area (Å²) in [5.74, 6) is -1.14. The second-order valence-electron chi connectivity index (χ2n) is 5.67. The molecule has 0 aliphatic carbocycles. The van der Waals surface area contributed by atoms with Gasteiger partial charge in [-0.2, -0.15) is 9.30 Å². The van der Waals surface area contributed by atoms with E-state index in [9.17, 15) is 18.3 Å². The Balaban J connectivity index is 0.00000243. The van der Waals surface area contributed by atoms with E-state index in [1.807, 2.05) is 0 Å². The number of nitrogens with zero attached hydrogens (tertiary/aromatic N) is 3. The molecule has 3 rings (SSSR count). The van der Waals surface area contributed by atoms with E-state index < -0.39 is 22.0 Å². The van der Waals surface area contributed by atoms with E-state index in [2.05, 4.69) is 9.98 Å². The van der Waals surface area contributed by atoms with Gasteiger partial charge in [0.05, 0.1) is 4.90 Å². The van der Waals surface area contributed by atoms with Gasteiger partial charge in [-0.3, -0.25) is 4.79 Å². The number of carboxylic acids is 1. The predicted octanol–water partition coefficient (Wildman–Crippen LogP) is 0.799. The van der Waals surface area contributed by atoms with Crippen LogP contribution in [0.3, 0.4) is 0 Å². The monoisotopic (exact) mass is 399 g/mol. The van der Waals surface area contributed by atoms with Crippen molar-refractivity contribution >= 4 is 50.9 Å². The Morgan fingerprint density at radius 2 is 2.04 bits per heavy atom. The van der Waals surface area contributed by atoms with Gasteiger partial charge in [0.1, 0.15) is 6.04 Å². The normalized spacial score (nSPS) is 17.6. The smallest absolute Gasteiger partial charge is 0.322 e. The summed E-state index contributed by atoms with van der Waals surface area (Å²) in [5, 5.41) is 10.4. The van der Waals surface area contributed by atoms with Gasteiger partial charge in [0.2, 0.25) is 10.0 Å². The summed E-state index contributed by atoms with van der Waals surface area (Å²) in [7, 11) is -3.96. The number of hydrogen-bond acceptors (Lipinski definition) is 5. The number of carbonyl (C=O) groups is 1. The lowest BCUT2D eigenvalue weighted by molar-refractivity contribution is -0.140. The zero-order chi connectivity index (χ0) is 18.2. The summed E-state index contributed by atoms with van der Waals surface area (Å²) in [6.07, 6.45) is 2.31. The van der Waals surface area contributed by atoms with E-state index in [1.54, 1.807) is 12.1 Å². The van der Waals surface area contributed by atoms with Crippen LogP contribution >= 0.6 is 12.4 Å². The first-order valence-corrected chi connectivity index (χ1v) is 8.98. The van der Waals surface area contributed by atoms with Crippen molar-refractivity contribution in [3.63, 3.8) is 0 Å². The summed E-state index contributed by atoms with van der Waals surface area (Å²) < 4.78 is 26.8. The third-order valence-electron chi connectivity index (χ3n) is 4.05. The molecule has 1 saturated heterocycles. The molecule has 26 heavy (non-hydrogen) atoms. The van der Waals surface area contributed by atoms with E-state index >= 15 is 0 Å². The van der Waals surface area contributed by atoms with Gasteiger partial charge in [-0.1, -0.05) is 6.07 Å². The molecule has 1 atom stereocenters. The summed E-state index contributed by atoms with van der Waals surface area (Å²) >= 11 is 0. The molecule has 0 spiro atoms. The highest BCUT2D eigenvalue weighted by Crippen LogP contribution is 2.30. The van der Waals surface area contributed by atoms with Gasteiger partial charge in [-0.15, -0.1) is 12.4 Å². The number of carboxylic acid groups (broad SMARTS) is 1. The number of benzene rings is 1. The molecular weight excluding hydrogens is 382 g/mol. The molecule has 1 fully saturated rings. The van der Waals surface area contributed by atoms with Crippen molar-refractivity contribution in [2.24, 2.45) is 16.5 Å². The molecule has 0 bridgehead atoms. The molecule has 140 valence electrons. The Kier molecular flexibility index (Phi) is 5.69. The maximum absolute atomic E-state index is 12.9. The molecule has 0 unspecified atom stereocenters. The maximum atomic E-state index is 12.9. The average Bonchev–Trinajstić information content (AvgIpc) is 3.05. The van der Waals surface area contributed by atoms with Crippen LogP contribution in [0.4, 0.5) is 5.82 Å². The van der Waals surface area contributed by atoms with Crippen LogP contribution < -0.4 is 11.5 Å². The third kappa shape index (κ3) is 3.57. The van der Waals surface area contributed by atoms with Crippen molar-refractivity contribution < 1.29 is 18.3 Å². The minimum absolute atomic E-state index is 0. The van der Waals surface area contributed by atoms with Gasteiger partial charge in [-0.05, 0) is 36.4 Å². The number of halogens is 1. The Labute approximate surface area is 156 Å². The van der Waals surface area contributed by atoms with E-state index in [1.165, 1.54) is 18.3 Å². The molecule has 1 aliphatic heterocycles. The second-order valence-corrected chi connectivity index (χ2v) is 7.56. The maximum Gasteiger partial charge on any atom is 0.322 e. The topological polar surface area (TPSA) is 152 Å². The minimum Gasteiger partial charge on any atom is -0.480 e. The summed E-state index contributed by atoms with van der Waals surface area (Å²) in [6.45, 7) is 0.172. The first-order chi connectivity index (χ1) is 11.8. The fourth-order valence-electron chi connectivity index (χ4n) is 2.91. The molecule has 0 amide bonds. The van der Waals surface area contributed by atoms with Crippen LogP contribution in [0.25, 0.3) is 10.8 Å². The highest BCUT2D eigenvalue weighted by molar-refractivity contribution is 7.89. The molecule has 11 heteroatoms. The zero-order valence-electron chi connectivity index (χ0n) is 13.6. The Bertz CT molecular complexity index is 975. The van der Waals surface area contributed by atoms with Gasteiger partial charge in [0, 0.05) is 18.1 Å². The van der Waals surface area contributed by atoms with Crippen molar-refractivity contribution in [2.75, 3.05) is 6.54 Å². The number of guanidine groups is 1. The molecule has 9 nitrogen and oxygen atoms in total. The first-order valence-electron chi connectivity index (χ1n) is 7.54. The number of sulfonamides is 1. The molecule has 1 aliphatic rings. The largest absolute Gasteiger partial charge is 0.480 e. The SMILES string of the molecule is Cl.NC(N)=Nc1nccc2ccc(S(=O)(=O)N3CCC[C@@H]3C(=O)O)cc12. The number of fused-ring (bicyclic) bond motifs is 1. The number of rotatable bonds is 4. The lowest BCUT2D eigenvalue weighted by Gasteiger charge is -2.21. The van der Waals surface area contributed by atoms with Gasteiger partial charge >= 0.3 is 5.97 Å².